The standard InChI is InChI=1S/C20H21N5O5S2/c1-20(2)8-13-15(14(26)9-20)19(32(3,29)30)31-16(13)17-21-24-25(22-17)10-11-4-6-12(7-5-11)18(27)23-28/h4-7,28H,8-10H2,1-3H3,(H,23,27). The second-order valence-electron chi connectivity index (χ2n) is 8.57. The molecule has 4 rings (SSSR count). The third kappa shape index (κ3) is 4.20. The van der Waals surface area contributed by atoms with Crippen LogP contribution >= 0.6 is 11.3 Å². The van der Waals surface area contributed by atoms with Crippen LogP contribution in [0.2, 0.25) is 0 Å². The number of ketones is 1. The van der Waals surface area contributed by atoms with E-state index in [1.165, 1.54) is 4.80 Å². The van der Waals surface area contributed by atoms with E-state index >= 15 is 0 Å². The van der Waals surface area contributed by atoms with Crippen molar-refractivity contribution in [3.8, 4) is 10.7 Å². The molecule has 1 amide bonds. The number of rotatable bonds is 5. The minimum atomic E-state index is -3.59. The zero-order valence-corrected chi connectivity index (χ0v) is 19.2. The van der Waals surface area contributed by atoms with Gasteiger partial charge in [0.2, 0.25) is 5.82 Å². The highest BCUT2D eigenvalue weighted by Crippen LogP contribution is 2.46. The van der Waals surface area contributed by atoms with Gasteiger partial charge in [-0.1, -0.05) is 26.0 Å². The summed E-state index contributed by atoms with van der Waals surface area (Å²) in [6.07, 6.45) is 1.92. The van der Waals surface area contributed by atoms with Gasteiger partial charge >= 0.3 is 0 Å². The van der Waals surface area contributed by atoms with Gasteiger partial charge in [-0.05, 0) is 40.3 Å². The van der Waals surface area contributed by atoms with Crippen LogP contribution in [0.5, 0.6) is 0 Å². The normalized spacial score (nSPS) is 15.4. The van der Waals surface area contributed by atoms with Crippen LogP contribution in [-0.2, 0) is 22.8 Å². The molecule has 0 saturated carbocycles. The molecule has 1 aliphatic carbocycles. The number of sulfone groups is 1. The third-order valence-electron chi connectivity index (χ3n) is 5.18. The van der Waals surface area contributed by atoms with E-state index in [9.17, 15) is 18.0 Å². The maximum atomic E-state index is 12.8. The number of hydrogen-bond acceptors (Lipinski definition) is 9. The number of carbonyl (C=O) groups is 2. The van der Waals surface area contributed by atoms with E-state index in [2.05, 4.69) is 15.4 Å². The largest absolute Gasteiger partial charge is 0.294 e. The van der Waals surface area contributed by atoms with E-state index in [1.807, 2.05) is 13.8 Å². The number of nitrogens with zero attached hydrogens (tertiary/aromatic N) is 4. The molecule has 10 nitrogen and oxygen atoms in total. The van der Waals surface area contributed by atoms with Gasteiger partial charge in [0.05, 0.1) is 17.0 Å². The first kappa shape index (κ1) is 22.2. The molecule has 0 bridgehead atoms. The van der Waals surface area contributed by atoms with Gasteiger partial charge in [0.25, 0.3) is 5.91 Å². The molecule has 32 heavy (non-hydrogen) atoms. The molecule has 0 radical (unpaired) electrons. The highest BCUT2D eigenvalue weighted by atomic mass is 32.2. The molecule has 0 saturated heterocycles. The number of thiophene rings is 1. The maximum Gasteiger partial charge on any atom is 0.274 e. The number of Topliss-reactive ketones (excluding diaryl/α,β-unsaturated/α-hetero) is 1. The molecule has 1 aliphatic rings. The third-order valence-corrected chi connectivity index (χ3v) is 8.24. The van der Waals surface area contributed by atoms with Gasteiger partial charge in [-0.2, -0.15) is 4.80 Å². The molecule has 12 heteroatoms. The van der Waals surface area contributed by atoms with Crippen LogP contribution in [0, 0.1) is 5.41 Å². The first-order chi connectivity index (χ1) is 15.0. The van der Waals surface area contributed by atoms with E-state index in [0.29, 0.717) is 22.4 Å². The molecule has 1 aromatic carbocycles. The summed E-state index contributed by atoms with van der Waals surface area (Å²) in [6, 6.07) is 6.51. The number of benzene rings is 1. The Balaban J connectivity index is 1.69. The molecular formula is C20H21N5O5S2. The smallest absolute Gasteiger partial charge is 0.274 e. The fraction of sp³-hybridized carbons (Fsp3) is 0.350. The number of aromatic nitrogens is 4. The lowest BCUT2D eigenvalue weighted by Crippen LogP contribution is -2.27. The zero-order valence-electron chi connectivity index (χ0n) is 17.6. The van der Waals surface area contributed by atoms with Crippen molar-refractivity contribution < 1.29 is 23.2 Å². The van der Waals surface area contributed by atoms with Crippen LogP contribution in [0.1, 0.15) is 52.1 Å². The van der Waals surface area contributed by atoms with Crippen molar-refractivity contribution in [3.63, 3.8) is 0 Å². The van der Waals surface area contributed by atoms with Crippen molar-refractivity contribution in [2.75, 3.05) is 6.26 Å². The number of fused-ring (bicyclic) bond motifs is 1. The van der Waals surface area contributed by atoms with Crippen LogP contribution in [0.3, 0.4) is 0 Å². The van der Waals surface area contributed by atoms with Crippen LogP contribution in [-0.4, -0.2) is 51.8 Å². The van der Waals surface area contributed by atoms with Crippen LogP contribution in [0.15, 0.2) is 28.5 Å². The molecule has 2 aromatic heterocycles. The summed E-state index contributed by atoms with van der Waals surface area (Å²) in [7, 11) is -3.59. The fourth-order valence-corrected chi connectivity index (χ4v) is 6.25. The molecular weight excluding hydrogens is 454 g/mol. The Labute approximate surface area is 188 Å². The van der Waals surface area contributed by atoms with Gasteiger partial charge in [-0.3, -0.25) is 14.8 Å². The van der Waals surface area contributed by atoms with E-state index in [4.69, 9.17) is 5.21 Å². The van der Waals surface area contributed by atoms with E-state index in [-0.39, 0.29) is 39.8 Å². The summed E-state index contributed by atoms with van der Waals surface area (Å²) in [6.45, 7) is 4.21. The van der Waals surface area contributed by atoms with Gasteiger partial charge in [0, 0.05) is 18.2 Å². The maximum absolute atomic E-state index is 12.8. The number of hydroxylamine groups is 1. The Hall–Kier alpha value is -2.96. The quantitative estimate of drug-likeness (QED) is 0.422. The highest BCUT2D eigenvalue weighted by molar-refractivity contribution is 7.93. The first-order valence-electron chi connectivity index (χ1n) is 9.69. The number of tetrazole rings is 1. The van der Waals surface area contributed by atoms with Gasteiger partial charge in [0.15, 0.2) is 15.6 Å². The second kappa shape index (κ2) is 7.87. The number of nitrogens with one attached hydrogen (secondary N) is 1. The Morgan fingerprint density at radius 1 is 1.25 bits per heavy atom. The molecule has 0 fully saturated rings. The van der Waals surface area contributed by atoms with Crippen molar-refractivity contribution in [2.24, 2.45) is 5.41 Å². The summed E-state index contributed by atoms with van der Waals surface area (Å²) in [5.74, 6) is -0.527. The molecule has 168 valence electrons. The Morgan fingerprint density at radius 2 is 1.94 bits per heavy atom. The molecule has 2 heterocycles. The predicted molar refractivity (Wildman–Crippen MR) is 115 cm³/mol. The lowest BCUT2D eigenvalue weighted by atomic mass is 9.74. The predicted octanol–water partition coefficient (Wildman–Crippen LogP) is 2.13. The van der Waals surface area contributed by atoms with Gasteiger partial charge in [-0.25, -0.2) is 13.9 Å². The van der Waals surface area contributed by atoms with Crippen molar-refractivity contribution in [1.29, 1.82) is 0 Å². The van der Waals surface area contributed by atoms with E-state index < -0.39 is 15.7 Å². The molecule has 2 N–H and O–H groups in total. The highest BCUT2D eigenvalue weighted by Gasteiger charge is 2.39. The topological polar surface area (TPSA) is 144 Å². The van der Waals surface area contributed by atoms with Gasteiger partial charge < -0.3 is 0 Å². The lowest BCUT2D eigenvalue weighted by molar-refractivity contribution is 0.0706. The fourth-order valence-electron chi connectivity index (χ4n) is 3.79. The van der Waals surface area contributed by atoms with Gasteiger partial charge in [0.1, 0.15) is 4.21 Å². The number of amides is 1. The summed E-state index contributed by atoms with van der Waals surface area (Å²) in [4.78, 5) is 26.1. The van der Waals surface area contributed by atoms with Crippen LogP contribution in [0.4, 0.5) is 0 Å². The average molecular weight is 476 g/mol. The summed E-state index contributed by atoms with van der Waals surface area (Å²) < 4.78 is 24.8. The minimum Gasteiger partial charge on any atom is -0.294 e. The van der Waals surface area contributed by atoms with Crippen molar-refractivity contribution >= 4 is 32.9 Å². The van der Waals surface area contributed by atoms with Crippen LogP contribution in [0.25, 0.3) is 10.7 Å². The monoisotopic (exact) mass is 475 g/mol. The summed E-state index contributed by atoms with van der Waals surface area (Å²) >= 11 is 1.01. The molecule has 0 unspecified atom stereocenters. The Kier molecular flexibility index (Phi) is 5.47. The summed E-state index contributed by atoms with van der Waals surface area (Å²) in [5.41, 5.74) is 3.30. The average Bonchev–Trinajstić information content (AvgIpc) is 3.31. The second-order valence-corrected chi connectivity index (χ2v) is 11.8. The number of carbonyl (C=O) groups excluding carboxylic acids is 2. The van der Waals surface area contributed by atoms with Crippen LogP contribution < -0.4 is 5.48 Å². The molecule has 0 atom stereocenters. The zero-order chi connectivity index (χ0) is 23.3. The van der Waals surface area contributed by atoms with E-state index in [0.717, 1.165) is 23.2 Å². The first-order valence-corrected chi connectivity index (χ1v) is 12.4. The minimum absolute atomic E-state index is 0.0529. The van der Waals surface area contributed by atoms with Crippen molar-refractivity contribution in [2.45, 2.75) is 37.4 Å². The Bertz CT molecular complexity index is 1320. The van der Waals surface area contributed by atoms with Gasteiger partial charge in [-0.15, -0.1) is 21.5 Å². The molecule has 0 spiro atoms. The molecule has 3 aromatic rings. The Morgan fingerprint density at radius 3 is 2.56 bits per heavy atom. The van der Waals surface area contributed by atoms with Crippen molar-refractivity contribution in [3.05, 3.63) is 46.5 Å². The lowest BCUT2D eigenvalue weighted by Gasteiger charge is -2.29. The van der Waals surface area contributed by atoms with E-state index in [1.54, 1.807) is 29.7 Å². The van der Waals surface area contributed by atoms with Crippen molar-refractivity contribution in [1.82, 2.24) is 25.7 Å². The number of hydrogen-bond donors (Lipinski definition) is 2. The molecule has 0 aliphatic heterocycles. The SMILES string of the molecule is CC1(C)CC(=O)c2c(S(C)(=O)=O)sc(-c3nnn(Cc4ccc(C(=O)NO)cc4)n3)c2C1. The summed E-state index contributed by atoms with van der Waals surface area (Å²) in [5, 5.41) is 21.3.